The van der Waals surface area contributed by atoms with Gasteiger partial charge in [-0.1, -0.05) is 0 Å². The first-order valence-electron chi connectivity index (χ1n) is 7.40. The highest BCUT2D eigenvalue weighted by Gasteiger charge is 2.12. The van der Waals surface area contributed by atoms with Crippen LogP contribution in [-0.2, 0) is 6.61 Å². The van der Waals surface area contributed by atoms with Crippen LogP contribution in [0.3, 0.4) is 0 Å². The lowest BCUT2D eigenvalue weighted by Gasteiger charge is -2.12. The van der Waals surface area contributed by atoms with Crippen LogP contribution in [0, 0.1) is 5.82 Å². The third-order valence-electron chi connectivity index (χ3n) is 3.52. The molecular formula is C17H16FN3O4. The molecule has 0 atom stereocenters. The predicted molar refractivity (Wildman–Crippen MR) is 85.8 cm³/mol. The Morgan fingerprint density at radius 1 is 1.16 bits per heavy atom. The Morgan fingerprint density at radius 3 is 2.76 bits per heavy atom. The standard InChI is InChI=1S/C17H16FN3O4/c1-24-14-9-13(18)3-2-12(14)10-25-16-5-7-20-21(16)15-8-11(17(22)23)4-6-19-15/h2-9,17,22-23H,10H2,1H3. The number of aliphatic hydroxyl groups excluding tert-OH is 1. The molecule has 2 N–H and O–H groups in total. The second-order valence-corrected chi connectivity index (χ2v) is 5.15. The maximum absolute atomic E-state index is 13.3. The first-order valence-corrected chi connectivity index (χ1v) is 7.40. The largest absolute Gasteiger partial charge is 0.496 e. The molecule has 130 valence electrons. The van der Waals surface area contributed by atoms with Crippen LogP contribution in [0.2, 0.25) is 0 Å². The minimum atomic E-state index is -1.61. The zero-order chi connectivity index (χ0) is 17.8. The van der Waals surface area contributed by atoms with Crippen molar-refractivity contribution >= 4 is 0 Å². The first-order chi connectivity index (χ1) is 12.1. The summed E-state index contributed by atoms with van der Waals surface area (Å²) < 4.78 is 25.5. The summed E-state index contributed by atoms with van der Waals surface area (Å²) in [6.45, 7) is 0.136. The Morgan fingerprint density at radius 2 is 2.00 bits per heavy atom. The molecule has 0 aliphatic heterocycles. The molecular weight excluding hydrogens is 329 g/mol. The van der Waals surface area contributed by atoms with Crippen molar-refractivity contribution in [3.63, 3.8) is 0 Å². The summed E-state index contributed by atoms with van der Waals surface area (Å²) in [5.41, 5.74) is 0.954. The quantitative estimate of drug-likeness (QED) is 0.664. The molecule has 8 heteroatoms. The van der Waals surface area contributed by atoms with Crippen LogP contribution in [0.25, 0.3) is 5.82 Å². The lowest BCUT2D eigenvalue weighted by molar-refractivity contribution is -0.0425. The third kappa shape index (κ3) is 3.76. The number of nitrogens with zero attached hydrogens (tertiary/aromatic N) is 3. The van der Waals surface area contributed by atoms with Crippen molar-refractivity contribution < 1.29 is 24.1 Å². The van der Waals surface area contributed by atoms with E-state index in [1.165, 1.54) is 48.5 Å². The van der Waals surface area contributed by atoms with E-state index in [1.807, 2.05) is 0 Å². The van der Waals surface area contributed by atoms with Gasteiger partial charge in [-0.3, -0.25) is 0 Å². The average molecular weight is 345 g/mol. The molecule has 0 bridgehead atoms. The number of methoxy groups -OCH3 is 1. The molecule has 1 aromatic carbocycles. The number of rotatable bonds is 6. The van der Waals surface area contributed by atoms with Crippen LogP contribution in [0.4, 0.5) is 4.39 Å². The number of aromatic nitrogens is 3. The number of hydrogen-bond acceptors (Lipinski definition) is 6. The molecule has 3 rings (SSSR count). The van der Waals surface area contributed by atoms with Crippen molar-refractivity contribution in [1.29, 1.82) is 0 Å². The highest BCUT2D eigenvalue weighted by atomic mass is 19.1. The van der Waals surface area contributed by atoms with E-state index in [2.05, 4.69) is 10.1 Å². The lowest BCUT2D eigenvalue weighted by atomic mass is 10.2. The highest BCUT2D eigenvalue weighted by Crippen LogP contribution is 2.23. The summed E-state index contributed by atoms with van der Waals surface area (Å²) >= 11 is 0. The van der Waals surface area contributed by atoms with Crippen LogP contribution in [-0.4, -0.2) is 32.1 Å². The van der Waals surface area contributed by atoms with Crippen LogP contribution in [0.1, 0.15) is 17.4 Å². The predicted octanol–water partition coefficient (Wildman–Crippen LogP) is 1.98. The molecule has 0 spiro atoms. The van der Waals surface area contributed by atoms with Gasteiger partial charge in [-0.2, -0.15) is 9.78 Å². The molecule has 0 saturated heterocycles. The van der Waals surface area contributed by atoms with Gasteiger partial charge in [0.05, 0.1) is 13.3 Å². The van der Waals surface area contributed by atoms with Gasteiger partial charge in [-0.05, 0) is 24.3 Å². The van der Waals surface area contributed by atoms with E-state index in [9.17, 15) is 14.6 Å². The van der Waals surface area contributed by atoms with Gasteiger partial charge in [0.2, 0.25) is 5.88 Å². The first kappa shape index (κ1) is 16.9. The number of ether oxygens (including phenoxy) is 2. The molecule has 7 nitrogen and oxygen atoms in total. The van der Waals surface area contributed by atoms with Crippen molar-refractivity contribution in [3.05, 3.63) is 65.7 Å². The fraction of sp³-hybridized carbons (Fsp3) is 0.176. The SMILES string of the molecule is COc1cc(F)ccc1COc1ccnn1-c1cc(C(O)O)ccn1. The molecule has 0 saturated carbocycles. The van der Waals surface area contributed by atoms with Gasteiger partial charge in [-0.25, -0.2) is 9.37 Å². The van der Waals surface area contributed by atoms with Gasteiger partial charge in [0, 0.05) is 29.5 Å². The molecule has 0 fully saturated rings. The second-order valence-electron chi connectivity index (χ2n) is 5.15. The van der Waals surface area contributed by atoms with Gasteiger partial charge >= 0.3 is 0 Å². The average Bonchev–Trinajstić information content (AvgIpc) is 3.09. The Bertz CT molecular complexity index is 867. The van der Waals surface area contributed by atoms with E-state index in [1.54, 1.807) is 12.1 Å². The van der Waals surface area contributed by atoms with Crippen molar-refractivity contribution in [2.75, 3.05) is 7.11 Å². The van der Waals surface area contributed by atoms with Crippen molar-refractivity contribution in [1.82, 2.24) is 14.8 Å². The molecule has 3 aromatic rings. The van der Waals surface area contributed by atoms with Crippen LogP contribution in [0.5, 0.6) is 11.6 Å². The zero-order valence-electron chi connectivity index (χ0n) is 13.3. The Kier molecular flexibility index (Phi) is 4.92. The van der Waals surface area contributed by atoms with E-state index >= 15 is 0 Å². The summed E-state index contributed by atoms with van der Waals surface area (Å²) in [5.74, 6) is 0.754. The van der Waals surface area contributed by atoms with E-state index in [-0.39, 0.29) is 12.2 Å². The van der Waals surface area contributed by atoms with E-state index < -0.39 is 12.1 Å². The third-order valence-corrected chi connectivity index (χ3v) is 3.52. The molecule has 25 heavy (non-hydrogen) atoms. The number of hydrogen-bond donors (Lipinski definition) is 2. The van der Waals surface area contributed by atoms with Crippen molar-refractivity contribution in [3.8, 4) is 17.4 Å². The fourth-order valence-electron chi connectivity index (χ4n) is 2.27. The highest BCUT2D eigenvalue weighted by molar-refractivity contribution is 5.35. The van der Waals surface area contributed by atoms with Crippen molar-refractivity contribution in [2.45, 2.75) is 12.9 Å². The lowest BCUT2D eigenvalue weighted by Crippen LogP contribution is -2.07. The zero-order valence-corrected chi connectivity index (χ0v) is 13.3. The molecule has 0 radical (unpaired) electrons. The second kappa shape index (κ2) is 7.29. The topological polar surface area (TPSA) is 89.6 Å². The van der Waals surface area contributed by atoms with Crippen LogP contribution in [0.15, 0.2) is 48.8 Å². The molecule has 2 heterocycles. The summed E-state index contributed by atoms with van der Waals surface area (Å²) in [7, 11) is 1.46. The molecule has 2 aromatic heterocycles. The smallest absolute Gasteiger partial charge is 0.218 e. The number of halogens is 1. The monoisotopic (exact) mass is 345 g/mol. The number of aliphatic hydroxyl groups is 2. The molecule has 0 aliphatic carbocycles. The normalized spacial score (nSPS) is 10.9. The van der Waals surface area contributed by atoms with Crippen molar-refractivity contribution in [2.24, 2.45) is 0 Å². The van der Waals surface area contributed by atoms with E-state index in [0.29, 0.717) is 23.0 Å². The van der Waals surface area contributed by atoms with Gasteiger partial charge in [-0.15, -0.1) is 0 Å². The Labute approximate surface area is 142 Å². The maximum Gasteiger partial charge on any atom is 0.218 e. The fourth-order valence-corrected chi connectivity index (χ4v) is 2.27. The number of benzene rings is 1. The number of pyridine rings is 1. The van der Waals surface area contributed by atoms with E-state index in [0.717, 1.165) is 0 Å². The van der Waals surface area contributed by atoms with Gasteiger partial charge < -0.3 is 19.7 Å². The molecule has 0 unspecified atom stereocenters. The summed E-state index contributed by atoms with van der Waals surface area (Å²) in [5, 5.41) is 22.7. The summed E-state index contributed by atoms with van der Waals surface area (Å²) in [6.07, 6.45) is 1.37. The molecule has 0 aliphatic rings. The van der Waals surface area contributed by atoms with Gasteiger partial charge in [0.1, 0.15) is 18.2 Å². The maximum atomic E-state index is 13.3. The summed E-state index contributed by atoms with van der Waals surface area (Å²) in [6, 6.07) is 8.80. The summed E-state index contributed by atoms with van der Waals surface area (Å²) in [4.78, 5) is 4.15. The Hall–Kier alpha value is -2.97. The Balaban J connectivity index is 1.82. The minimum Gasteiger partial charge on any atom is -0.496 e. The van der Waals surface area contributed by atoms with Crippen LogP contribution < -0.4 is 9.47 Å². The van der Waals surface area contributed by atoms with Gasteiger partial charge in [0.25, 0.3) is 0 Å². The van der Waals surface area contributed by atoms with E-state index in [4.69, 9.17) is 9.47 Å². The van der Waals surface area contributed by atoms with Crippen LogP contribution >= 0.6 is 0 Å². The van der Waals surface area contributed by atoms with Gasteiger partial charge in [0.15, 0.2) is 12.1 Å². The minimum absolute atomic E-state index is 0.136. The molecule has 0 amide bonds.